The van der Waals surface area contributed by atoms with E-state index in [1.165, 1.54) is 0 Å². The molecule has 0 saturated carbocycles. The van der Waals surface area contributed by atoms with Crippen LogP contribution >= 0.6 is 22.6 Å². The van der Waals surface area contributed by atoms with E-state index in [9.17, 15) is 0 Å². The quantitative estimate of drug-likeness (QED) is 0.688. The molecule has 0 bridgehead atoms. The molecule has 5 heteroatoms. The number of anilines is 1. The van der Waals surface area contributed by atoms with Crippen LogP contribution in [0.3, 0.4) is 0 Å². The van der Waals surface area contributed by atoms with Crippen molar-refractivity contribution in [3.05, 3.63) is 52.2 Å². The summed E-state index contributed by atoms with van der Waals surface area (Å²) >= 11 is 2.30. The van der Waals surface area contributed by atoms with E-state index in [1.54, 1.807) is 6.20 Å². The van der Waals surface area contributed by atoms with Gasteiger partial charge in [0.05, 0.1) is 17.0 Å². The molecule has 0 unspecified atom stereocenters. The normalized spacial score (nSPS) is 10.6. The Labute approximate surface area is 124 Å². The smallest absolute Gasteiger partial charge is 0.155 e. The van der Waals surface area contributed by atoms with E-state index in [-0.39, 0.29) is 0 Å². The summed E-state index contributed by atoms with van der Waals surface area (Å²) in [4.78, 5) is 4.36. The standard InChI is InChI=1S/C14H11IN4/c15-10-6-2-1-5-9(10)13-12(14(16)19-18-13)11-7-3-4-8-17-11/h1-8H,(H3,16,18,19). The van der Waals surface area contributed by atoms with E-state index in [0.717, 1.165) is 26.1 Å². The minimum atomic E-state index is 0.466. The van der Waals surface area contributed by atoms with Crippen LogP contribution < -0.4 is 5.73 Å². The van der Waals surface area contributed by atoms with Gasteiger partial charge in [-0.1, -0.05) is 24.3 Å². The maximum Gasteiger partial charge on any atom is 0.155 e. The zero-order valence-corrected chi connectivity index (χ0v) is 12.1. The van der Waals surface area contributed by atoms with Crippen molar-refractivity contribution in [2.45, 2.75) is 0 Å². The lowest BCUT2D eigenvalue weighted by atomic mass is 10.0. The Bertz CT molecular complexity index is 706. The predicted octanol–water partition coefficient (Wildman–Crippen LogP) is 3.33. The van der Waals surface area contributed by atoms with Gasteiger partial charge in [0, 0.05) is 15.3 Å². The highest BCUT2D eigenvalue weighted by Gasteiger charge is 2.16. The number of nitrogens with zero attached hydrogens (tertiary/aromatic N) is 2. The topological polar surface area (TPSA) is 67.6 Å². The Balaban J connectivity index is 2.23. The van der Waals surface area contributed by atoms with Crippen molar-refractivity contribution in [1.82, 2.24) is 15.2 Å². The monoisotopic (exact) mass is 362 g/mol. The van der Waals surface area contributed by atoms with Crippen molar-refractivity contribution in [2.75, 3.05) is 5.73 Å². The first-order valence-corrected chi connectivity index (χ1v) is 6.85. The summed E-state index contributed by atoms with van der Waals surface area (Å²) in [5.74, 6) is 0.466. The molecular weight excluding hydrogens is 351 g/mol. The van der Waals surface area contributed by atoms with Crippen molar-refractivity contribution in [2.24, 2.45) is 0 Å². The van der Waals surface area contributed by atoms with E-state index in [4.69, 9.17) is 5.73 Å². The minimum absolute atomic E-state index is 0.466. The molecule has 0 atom stereocenters. The first-order valence-electron chi connectivity index (χ1n) is 5.77. The average Bonchev–Trinajstić information content (AvgIpc) is 2.82. The van der Waals surface area contributed by atoms with Gasteiger partial charge in [-0.25, -0.2) is 0 Å². The van der Waals surface area contributed by atoms with E-state index in [2.05, 4.69) is 43.8 Å². The molecule has 2 aromatic heterocycles. The molecular formula is C14H11IN4. The third-order valence-corrected chi connectivity index (χ3v) is 3.80. The second kappa shape index (κ2) is 5.00. The summed E-state index contributed by atoms with van der Waals surface area (Å²) in [6, 6.07) is 13.8. The van der Waals surface area contributed by atoms with Gasteiger partial charge in [-0.05, 0) is 40.8 Å². The molecule has 0 radical (unpaired) electrons. The molecule has 0 amide bonds. The molecule has 4 nitrogen and oxygen atoms in total. The number of nitrogens with two attached hydrogens (primary N) is 1. The van der Waals surface area contributed by atoms with Gasteiger partial charge in [0.25, 0.3) is 0 Å². The maximum absolute atomic E-state index is 5.98. The molecule has 0 aliphatic rings. The van der Waals surface area contributed by atoms with Crippen LogP contribution in [-0.4, -0.2) is 15.2 Å². The van der Waals surface area contributed by atoms with Crippen molar-refractivity contribution >= 4 is 28.4 Å². The zero-order chi connectivity index (χ0) is 13.2. The van der Waals surface area contributed by atoms with Gasteiger partial charge in [0.15, 0.2) is 5.82 Å². The van der Waals surface area contributed by atoms with Crippen LogP contribution in [0.5, 0.6) is 0 Å². The molecule has 94 valence electrons. The highest BCUT2D eigenvalue weighted by molar-refractivity contribution is 14.1. The van der Waals surface area contributed by atoms with E-state index < -0.39 is 0 Å². The third-order valence-electron chi connectivity index (χ3n) is 2.86. The van der Waals surface area contributed by atoms with E-state index >= 15 is 0 Å². The fourth-order valence-corrected chi connectivity index (χ4v) is 2.64. The molecule has 3 N–H and O–H groups in total. The average molecular weight is 362 g/mol. The number of aromatic nitrogens is 3. The van der Waals surface area contributed by atoms with Gasteiger partial charge in [-0.2, -0.15) is 5.10 Å². The SMILES string of the molecule is Nc1n[nH]c(-c2ccccc2I)c1-c1ccccn1. The number of hydrogen-bond donors (Lipinski definition) is 2. The largest absolute Gasteiger partial charge is 0.382 e. The molecule has 0 fully saturated rings. The number of H-pyrrole nitrogens is 1. The van der Waals surface area contributed by atoms with Crippen LogP contribution in [-0.2, 0) is 0 Å². The number of nitrogen functional groups attached to an aromatic ring is 1. The second-order valence-corrected chi connectivity index (χ2v) is 5.22. The van der Waals surface area contributed by atoms with Crippen LogP contribution in [0.2, 0.25) is 0 Å². The van der Waals surface area contributed by atoms with E-state index in [1.807, 2.05) is 36.4 Å². The molecule has 3 aromatic rings. The number of aromatic amines is 1. The van der Waals surface area contributed by atoms with Gasteiger partial charge >= 0.3 is 0 Å². The first-order chi connectivity index (χ1) is 9.27. The second-order valence-electron chi connectivity index (χ2n) is 4.05. The number of hydrogen-bond acceptors (Lipinski definition) is 3. The highest BCUT2D eigenvalue weighted by Crippen LogP contribution is 2.35. The number of halogens is 1. The Morgan fingerprint density at radius 3 is 2.58 bits per heavy atom. The van der Waals surface area contributed by atoms with Crippen LogP contribution in [0.1, 0.15) is 0 Å². The molecule has 1 aromatic carbocycles. The molecule has 0 spiro atoms. The molecule has 2 heterocycles. The van der Waals surface area contributed by atoms with Crippen LogP contribution in [0.15, 0.2) is 48.7 Å². The molecule has 3 rings (SSSR count). The van der Waals surface area contributed by atoms with Gasteiger partial charge in [-0.15, -0.1) is 0 Å². The third kappa shape index (κ3) is 2.21. The van der Waals surface area contributed by atoms with Crippen molar-refractivity contribution in [3.63, 3.8) is 0 Å². The highest BCUT2D eigenvalue weighted by atomic mass is 127. The first kappa shape index (κ1) is 12.2. The Hall–Kier alpha value is -1.89. The van der Waals surface area contributed by atoms with Crippen LogP contribution in [0, 0.1) is 3.57 Å². The summed E-state index contributed by atoms with van der Waals surface area (Å²) in [5, 5.41) is 7.13. The van der Waals surface area contributed by atoms with Crippen LogP contribution in [0.4, 0.5) is 5.82 Å². The summed E-state index contributed by atoms with van der Waals surface area (Å²) in [7, 11) is 0. The maximum atomic E-state index is 5.98. The van der Waals surface area contributed by atoms with Crippen molar-refractivity contribution in [1.29, 1.82) is 0 Å². The molecule has 0 aliphatic heterocycles. The molecule has 19 heavy (non-hydrogen) atoms. The van der Waals surface area contributed by atoms with E-state index in [0.29, 0.717) is 5.82 Å². The predicted molar refractivity (Wildman–Crippen MR) is 84.4 cm³/mol. The fraction of sp³-hybridized carbons (Fsp3) is 0. The summed E-state index contributed by atoms with van der Waals surface area (Å²) in [6.45, 7) is 0. The summed E-state index contributed by atoms with van der Waals surface area (Å²) < 4.78 is 1.14. The number of benzene rings is 1. The zero-order valence-electron chi connectivity index (χ0n) is 9.97. The van der Waals surface area contributed by atoms with Gasteiger partial charge in [0.2, 0.25) is 0 Å². The van der Waals surface area contributed by atoms with Gasteiger partial charge < -0.3 is 5.73 Å². The number of pyridine rings is 1. The van der Waals surface area contributed by atoms with Gasteiger partial charge in [-0.3, -0.25) is 10.1 Å². The number of rotatable bonds is 2. The van der Waals surface area contributed by atoms with Gasteiger partial charge in [0.1, 0.15) is 0 Å². The lowest BCUT2D eigenvalue weighted by Crippen LogP contribution is -1.91. The lowest BCUT2D eigenvalue weighted by Gasteiger charge is -2.05. The number of nitrogens with one attached hydrogen (secondary N) is 1. The minimum Gasteiger partial charge on any atom is -0.382 e. The lowest BCUT2D eigenvalue weighted by molar-refractivity contribution is 1.10. The Morgan fingerprint density at radius 2 is 1.84 bits per heavy atom. The molecule has 0 aliphatic carbocycles. The fourth-order valence-electron chi connectivity index (χ4n) is 1.98. The Kier molecular flexibility index (Phi) is 3.20. The Morgan fingerprint density at radius 1 is 1.05 bits per heavy atom. The summed E-state index contributed by atoms with van der Waals surface area (Å²) in [5.41, 5.74) is 9.63. The van der Waals surface area contributed by atoms with Crippen molar-refractivity contribution in [3.8, 4) is 22.5 Å². The summed E-state index contributed by atoms with van der Waals surface area (Å²) in [6.07, 6.45) is 1.75. The molecule has 0 saturated heterocycles. The van der Waals surface area contributed by atoms with Crippen LogP contribution in [0.25, 0.3) is 22.5 Å². The van der Waals surface area contributed by atoms with Crippen molar-refractivity contribution < 1.29 is 0 Å².